The number of hydrogen-bond acceptors (Lipinski definition) is 3. The van der Waals surface area contributed by atoms with E-state index in [1.807, 2.05) is 6.20 Å². The maximum absolute atomic E-state index is 4.50. The average Bonchev–Trinajstić information content (AvgIpc) is 2.40. The van der Waals surface area contributed by atoms with Gasteiger partial charge in [-0.3, -0.25) is 0 Å². The van der Waals surface area contributed by atoms with Crippen LogP contribution in [-0.4, -0.2) is 24.6 Å². The van der Waals surface area contributed by atoms with Gasteiger partial charge in [0.15, 0.2) is 0 Å². The van der Waals surface area contributed by atoms with Gasteiger partial charge >= 0.3 is 0 Å². The van der Waals surface area contributed by atoms with Gasteiger partial charge in [0, 0.05) is 25.3 Å². The van der Waals surface area contributed by atoms with E-state index in [0.717, 1.165) is 25.2 Å². The van der Waals surface area contributed by atoms with E-state index in [4.69, 9.17) is 0 Å². The highest BCUT2D eigenvalue weighted by molar-refractivity contribution is 5.42. The van der Waals surface area contributed by atoms with Crippen LogP contribution in [0.3, 0.4) is 0 Å². The molecule has 0 saturated carbocycles. The fourth-order valence-electron chi connectivity index (χ4n) is 2.34. The molecule has 1 aromatic heterocycles. The van der Waals surface area contributed by atoms with Gasteiger partial charge < -0.3 is 10.2 Å². The summed E-state index contributed by atoms with van der Waals surface area (Å²) in [6, 6.07) is 5.25. The van der Waals surface area contributed by atoms with Gasteiger partial charge in [-0.25, -0.2) is 4.98 Å². The standard InChI is InChI=1S/C15H27N3/c1-6-14(7-2)18(5)15-11-13(9-10-17-15)12(4)16-8-3/h9-12,14,16H,6-8H2,1-5H3. The minimum atomic E-state index is 0.381. The lowest BCUT2D eigenvalue weighted by molar-refractivity contribution is 0.581. The molecule has 0 saturated heterocycles. The number of rotatable bonds is 7. The lowest BCUT2D eigenvalue weighted by Gasteiger charge is -2.28. The summed E-state index contributed by atoms with van der Waals surface area (Å²) in [4.78, 5) is 6.79. The van der Waals surface area contributed by atoms with Gasteiger partial charge in [0.1, 0.15) is 5.82 Å². The highest BCUT2D eigenvalue weighted by Crippen LogP contribution is 2.20. The van der Waals surface area contributed by atoms with Crippen LogP contribution in [0.1, 0.15) is 52.1 Å². The summed E-state index contributed by atoms with van der Waals surface area (Å²) in [5, 5.41) is 3.44. The fraction of sp³-hybridized carbons (Fsp3) is 0.667. The van der Waals surface area contributed by atoms with Crippen molar-refractivity contribution in [2.75, 3.05) is 18.5 Å². The lowest BCUT2D eigenvalue weighted by Crippen LogP contribution is -2.31. The van der Waals surface area contributed by atoms with Crippen molar-refractivity contribution in [3.63, 3.8) is 0 Å². The maximum atomic E-state index is 4.50. The van der Waals surface area contributed by atoms with Gasteiger partial charge in [0.25, 0.3) is 0 Å². The first-order valence-corrected chi connectivity index (χ1v) is 7.06. The predicted molar refractivity (Wildman–Crippen MR) is 79.1 cm³/mol. The van der Waals surface area contributed by atoms with Crippen molar-refractivity contribution in [2.24, 2.45) is 0 Å². The van der Waals surface area contributed by atoms with Crippen LogP contribution in [0, 0.1) is 0 Å². The first-order chi connectivity index (χ1) is 8.63. The average molecular weight is 249 g/mol. The number of nitrogens with zero attached hydrogens (tertiary/aromatic N) is 2. The summed E-state index contributed by atoms with van der Waals surface area (Å²) in [6.07, 6.45) is 4.22. The molecule has 0 aromatic carbocycles. The molecular weight excluding hydrogens is 222 g/mol. The Morgan fingerprint density at radius 3 is 2.50 bits per heavy atom. The summed E-state index contributed by atoms with van der Waals surface area (Å²) in [5.74, 6) is 1.07. The molecule has 0 aliphatic heterocycles. The molecule has 0 radical (unpaired) electrons. The quantitative estimate of drug-likeness (QED) is 0.803. The van der Waals surface area contributed by atoms with E-state index in [2.05, 4.69) is 62.1 Å². The van der Waals surface area contributed by atoms with Crippen LogP contribution in [0.4, 0.5) is 5.82 Å². The molecule has 1 N–H and O–H groups in total. The maximum Gasteiger partial charge on any atom is 0.128 e. The number of pyridine rings is 1. The highest BCUT2D eigenvalue weighted by atomic mass is 15.2. The van der Waals surface area contributed by atoms with Crippen LogP contribution in [0.5, 0.6) is 0 Å². The van der Waals surface area contributed by atoms with E-state index in [1.165, 1.54) is 5.56 Å². The Morgan fingerprint density at radius 1 is 1.28 bits per heavy atom. The Labute approximate surface area is 112 Å². The second-order valence-electron chi connectivity index (χ2n) is 4.81. The monoisotopic (exact) mass is 249 g/mol. The van der Waals surface area contributed by atoms with Crippen LogP contribution < -0.4 is 10.2 Å². The minimum Gasteiger partial charge on any atom is -0.357 e. The molecule has 1 heterocycles. The third kappa shape index (κ3) is 3.70. The largest absolute Gasteiger partial charge is 0.357 e. The molecule has 102 valence electrons. The Bertz CT molecular complexity index is 347. The molecule has 1 unspecified atom stereocenters. The predicted octanol–water partition coefficient (Wildman–Crippen LogP) is 3.38. The Balaban J connectivity index is 2.87. The molecular formula is C15H27N3. The Hall–Kier alpha value is -1.09. The summed E-state index contributed by atoms with van der Waals surface area (Å²) < 4.78 is 0. The van der Waals surface area contributed by atoms with E-state index < -0.39 is 0 Å². The Kier molecular flexibility index (Phi) is 6.13. The van der Waals surface area contributed by atoms with Crippen molar-refractivity contribution in [1.29, 1.82) is 0 Å². The second-order valence-corrected chi connectivity index (χ2v) is 4.81. The van der Waals surface area contributed by atoms with Crippen molar-refractivity contribution in [3.8, 4) is 0 Å². The molecule has 0 fully saturated rings. The molecule has 1 rings (SSSR count). The van der Waals surface area contributed by atoms with Crippen molar-refractivity contribution in [2.45, 2.75) is 52.6 Å². The number of aromatic nitrogens is 1. The first-order valence-electron chi connectivity index (χ1n) is 7.06. The van der Waals surface area contributed by atoms with Crippen LogP contribution in [0.25, 0.3) is 0 Å². The first kappa shape index (κ1) is 15.0. The number of anilines is 1. The van der Waals surface area contributed by atoms with E-state index in [-0.39, 0.29) is 0 Å². The van der Waals surface area contributed by atoms with Crippen molar-refractivity contribution in [1.82, 2.24) is 10.3 Å². The molecule has 18 heavy (non-hydrogen) atoms. The Morgan fingerprint density at radius 2 is 1.94 bits per heavy atom. The summed E-state index contributed by atoms with van der Waals surface area (Å²) in [5.41, 5.74) is 1.31. The van der Waals surface area contributed by atoms with Gasteiger partial charge in [-0.1, -0.05) is 20.8 Å². The summed E-state index contributed by atoms with van der Waals surface area (Å²) in [6.45, 7) is 9.78. The third-order valence-corrected chi connectivity index (χ3v) is 3.63. The van der Waals surface area contributed by atoms with Gasteiger partial charge in [-0.05, 0) is 44.0 Å². The zero-order valence-corrected chi connectivity index (χ0v) is 12.4. The van der Waals surface area contributed by atoms with E-state index in [0.29, 0.717) is 12.1 Å². The molecule has 1 aromatic rings. The zero-order chi connectivity index (χ0) is 13.5. The minimum absolute atomic E-state index is 0.381. The van der Waals surface area contributed by atoms with Crippen molar-refractivity contribution >= 4 is 5.82 Å². The summed E-state index contributed by atoms with van der Waals surface area (Å²) in [7, 11) is 2.14. The van der Waals surface area contributed by atoms with Gasteiger partial charge in [0.2, 0.25) is 0 Å². The SMILES string of the molecule is CCNC(C)c1ccnc(N(C)C(CC)CC)c1. The van der Waals surface area contributed by atoms with Crippen LogP contribution in [0.2, 0.25) is 0 Å². The molecule has 3 heteroatoms. The topological polar surface area (TPSA) is 28.2 Å². The number of hydrogen-bond donors (Lipinski definition) is 1. The molecule has 0 aliphatic carbocycles. The van der Waals surface area contributed by atoms with E-state index >= 15 is 0 Å². The highest BCUT2D eigenvalue weighted by Gasteiger charge is 2.13. The normalized spacial score (nSPS) is 12.8. The van der Waals surface area contributed by atoms with Crippen molar-refractivity contribution in [3.05, 3.63) is 23.9 Å². The third-order valence-electron chi connectivity index (χ3n) is 3.63. The molecule has 0 spiro atoms. The molecule has 0 amide bonds. The smallest absolute Gasteiger partial charge is 0.128 e. The van der Waals surface area contributed by atoms with Crippen LogP contribution >= 0.6 is 0 Å². The molecule has 3 nitrogen and oxygen atoms in total. The molecule has 1 atom stereocenters. The van der Waals surface area contributed by atoms with Gasteiger partial charge in [-0.2, -0.15) is 0 Å². The zero-order valence-electron chi connectivity index (χ0n) is 12.4. The molecule has 0 aliphatic rings. The summed E-state index contributed by atoms with van der Waals surface area (Å²) >= 11 is 0. The number of nitrogens with one attached hydrogen (secondary N) is 1. The fourth-order valence-corrected chi connectivity index (χ4v) is 2.34. The van der Waals surface area contributed by atoms with Gasteiger partial charge in [0.05, 0.1) is 0 Å². The van der Waals surface area contributed by atoms with Gasteiger partial charge in [-0.15, -0.1) is 0 Å². The van der Waals surface area contributed by atoms with Crippen molar-refractivity contribution < 1.29 is 0 Å². The van der Waals surface area contributed by atoms with E-state index in [9.17, 15) is 0 Å². The molecule has 0 bridgehead atoms. The van der Waals surface area contributed by atoms with Crippen LogP contribution in [0.15, 0.2) is 18.3 Å². The second kappa shape index (κ2) is 7.37. The van der Waals surface area contributed by atoms with Crippen LogP contribution in [-0.2, 0) is 0 Å². The van der Waals surface area contributed by atoms with E-state index in [1.54, 1.807) is 0 Å². The lowest BCUT2D eigenvalue weighted by atomic mass is 10.1.